The van der Waals surface area contributed by atoms with Gasteiger partial charge in [0.2, 0.25) is 5.91 Å². The molecule has 0 bridgehead atoms. The summed E-state index contributed by atoms with van der Waals surface area (Å²) in [6.45, 7) is 0.751. The fourth-order valence-electron chi connectivity index (χ4n) is 2.31. The maximum Gasteiger partial charge on any atom is 0.307 e. The largest absolute Gasteiger partial charge is 0.469 e. The van der Waals surface area contributed by atoms with Gasteiger partial charge in [-0.05, 0) is 23.3 Å². The molecule has 4 nitrogen and oxygen atoms in total. The first-order chi connectivity index (χ1) is 11.6. The minimum atomic E-state index is -0.330. The van der Waals surface area contributed by atoms with Crippen LogP contribution >= 0.6 is 11.6 Å². The molecule has 1 amide bonds. The topological polar surface area (TPSA) is 46.6 Å². The molecule has 0 saturated carbocycles. The highest BCUT2D eigenvalue weighted by molar-refractivity contribution is 6.30. The fraction of sp³-hybridized carbons (Fsp3) is 0.263. The van der Waals surface area contributed by atoms with Crippen molar-refractivity contribution in [2.75, 3.05) is 13.7 Å². The predicted molar refractivity (Wildman–Crippen MR) is 93.6 cm³/mol. The molecule has 24 heavy (non-hydrogen) atoms. The Morgan fingerprint density at radius 1 is 1.00 bits per heavy atom. The van der Waals surface area contributed by atoms with E-state index in [1.54, 1.807) is 17.0 Å². The Bertz CT molecular complexity index is 671. The average Bonchev–Trinajstić information content (AvgIpc) is 2.60. The Morgan fingerprint density at radius 3 is 2.29 bits per heavy atom. The number of benzene rings is 2. The van der Waals surface area contributed by atoms with Crippen molar-refractivity contribution < 1.29 is 14.3 Å². The van der Waals surface area contributed by atoms with Crippen molar-refractivity contribution in [2.24, 2.45) is 0 Å². The molecule has 0 N–H and O–H groups in total. The first kappa shape index (κ1) is 18.0. The molecule has 0 unspecified atom stereocenters. The Hall–Kier alpha value is -2.33. The van der Waals surface area contributed by atoms with Gasteiger partial charge in [-0.15, -0.1) is 0 Å². The van der Waals surface area contributed by atoms with Gasteiger partial charge in [-0.3, -0.25) is 9.59 Å². The third-order valence-electron chi connectivity index (χ3n) is 3.65. The minimum absolute atomic E-state index is 0.0277. The molecule has 0 aliphatic heterocycles. The van der Waals surface area contributed by atoms with Gasteiger partial charge in [0, 0.05) is 18.1 Å². The molecule has 0 atom stereocenters. The van der Waals surface area contributed by atoms with Gasteiger partial charge in [-0.25, -0.2) is 0 Å². The van der Waals surface area contributed by atoms with E-state index in [0.29, 0.717) is 24.5 Å². The fourth-order valence-corrected chi connectivity index (χ4v) is 2.44. The molecule has 0 aromatic heterocycles. The average molecular weight is 346 g/mol. The van der Waals surface area contributed by atoms with E-state index in [-0.39, 0.29) is 18.3 Å². The molecule has 0 fully saturated rings. The summed E-state index contributed by atoms with van der Waals surface area (Å²) in [6, 6.07) is 16.9. The summed E-state index contributed by atoms with van der Waals surface area (Å²) in [6.07, 6.45) is 0.472. The molecule has 0 aliphatic carbocycles. The van der Waals surface area contributed by atoms with Gasteiger partial charge in [0.15, 0.2) is 0 Å². The summed E-state index contributed by atoms with van der Waals surface area (Å²) in [5.74, 6) is -0.358. The molecule has 2 aromatic rings. The maximum atomic E-state index is 12.6. The predicted octanol–water partition coefficient (Wildman–Crippen LogP) is 3.47. The zero-order chi connectivity index (χ0) is 17.4. The number of esters is 1. The molecule has 0 radical (unpaired) electrons. The van der Waals surface area contributed by atoms with Crippen LogP contribution in [0.2, 0.25) is 5.02 Å². The van der Waals surface area contributed by atoms with E-state index in [1.165, 1.54) is 7.11 Å². The number of nitrogens with zero attached hydrogens (tertiary/aromatic N) is 1. The van der Waals surface area contributed by atoms with Crippen molar-refractivity contribution in [1.82, 2.24) is 4.90 Å². The summed E-state index contributed by atoms with van der Waals surface area (Å²) >= 11 is 5.90. The third-order valence-corrected chi connectivity index (χ3v) is 3.90. The standard InChI is InChI=1S/C19H20ClNO3/c1-24-19(23)11-12-21(14-16-7-9-17(20)10-8-16)18(22)13-15-5-3-2-4-6-15/h2-10H,11-14H2,1H3. The van der Waals surface area contributed by atoms with Gasteiger partial charge in [-0.2, -0.15) is 0 Å². The molecular weight excluding hydrogens is 326 g/mol. The van der Waals surface area contributed by atoms with Crippen molar-refractivity contribution in [3.05, 3.63) is 70.7 Å². The second-order valence-corrected chi connectivity index (χ2v) is 5.87. The lowest BCUT2D eigenvalue weighted by molar-refractivity contribution is -0.141. The highest BCUT2D eigenvalue weighted by atomic mass is 35.5. The molecule has 2 aromatic carbocycles. The SMILES string of the molecule is COC(=O)CCN(Cc1ccc(Cl)cc1)C(=O)Cc1ccccc1. The summed E-state index contributed by atoms with van der Waals surface area (Å²) in [4.78, 5) is 25.7. The summed E-state index contributed by atoms with van der Waals surface area (Å²) in [5.41, 5.74) is 1.91. The van der Waals surface area contributed by atoms with Crippen molar-refractivity contribution in [2.45, 2.75) is 19.4 Å². The third kappa shape index (κ3) is 5.70. The summed E-state index contributed by atoms with van der Waals surface area (Å²) < 4.78 is 4.67. The smallest absolute Gasteiger partial charge is 0.307 e. The van der Waals surface area contributed by atoms with Crippen molar-refractivity contribution in [3.8, 4) is 0 Å². The normalized spacial score (nSPS) is 10.2. The monoisotopic (exact) mass is 345 g/mol. The number of carbonyl (C=O) groups is 2. The van der Waals surface area contributed by atoms with E-state index in [2.05, 4.69) is 4.74 Å². The van der Waals surface area contributed by atoms with Gasteiger partial charge in [0.1, 0.15) is 0 Å². The second-order valence-electron chi connectivity index (χ2n) is 5.43. The molecule has 126 valence electrons. The van der Waals surface area contributed by atoms with Crippen LogP contribution in [0.4, 0.5) is 0 Å². The minimum Gasteiger partial charge on any atom is -0.469 e. The molecule has 0 spiro atoms. The number of hydrogen-bond acceptors (Lipinski definition) is 3. The van der Waals surface area contributed by atoms with Crippen LogP contribution in [0.5, 0.6) is 0 Å². The molecule has 0 heterocycles. The van der Waals surface area contributed by atoms with Crippen LogP contribution in [-0.2, 0) is 27.3 Å². The van der Waals surface area contributed by atoms with Crippen LogP contribution in [0.3, 0.4) is 0 Å². The van der Waals surface area contributed by atoms with E-state index < -0.39 is 0 Å². The zero-order valence-electron chi connectivity index (χ0n) is 13.6. The summed E-state index contributed by atoms with van der Waals surface area (Å²) in [5, 5.41) is 0.649. The lowest BCUT2D eigenvalue weighted by atomic mass is 10.1. The van der Waals surface area contributed by atoms with E-state index in [0.717, 1.165) is 11.1 Å². The highest BCUT2D eigenvalue weighted by Gasteiger charge is 2.16. The van der Waals surface area contributed by atoms with Crippen molar-refractivity contribution in [1.29, 1.82) is 0 Å². The molecule has 0 aliphatic rings. The van der Waals surface area contributed by atoms with Gasteiger partial charge in [-0.1, -0.05) is 54.1 Å². The lowest BCUT2D eigenvalue weighted by Gasteiger charge is -2.22. The Morgan fingerprint density at radius 2 is 1.67 bits per heavy atom. The quantitative estimate of drug-likeness (QED) is 0.722. The van der Waals surface area contributed by atoms with Crippen LogP contribution in [0, 0.1) is 0 Å². The number of halogens is 1. The number of rotatable bonds is 7. The van der Waals surface area contributed by atoms with Crippen molar-refractivity contribution in [3.63, 3.8) is 0 Å². The van der Waals surface area contributed by atoms with Crippen molar-refractivity contribution >= 4 is 23.5 Å². The summed E-state index contributed by atoms with van der Waals surface area (Å²) in [7, 11) is 1.34. The van der Waals surface area contributed by atoms with Crippen LogP contribution in [0.1, 0.15) is 17.5 Å². The molecule has 2 rings (SSSR count). The van der Waals surface area contributed by atoms with Gasteiger partial charge < -0.3 is 9.64 Å². The Labute approximate surface area is 147 Å². The number of ether oxygens (including phenoxy) is 1. The van der Waals surface area contributed by atoms with Crippen LogP contribution < -0.4 is 0 Å². The first-order valence-electron chi connectivity index (χ1n) is 7.71. The number of hydrogen-bond donors (Lipinski definition) is 0. The van der Waals surface area contributed by atoms with E-state index in [9.17, 15) is 9.59 Å². The van der Waals surface area contributed by atoms with Crippen LogP contribution in [-0.4, -0.2) is 30.4 Å². The molecular formula is C19H20ClNO3. The Kier molecular flexibility index (Phi) is 6.82. The zero-order valence-corrected chi connectivity index (χ0v) is 14.3. The first-order valence-corrected chi connectivity index (χ1v) is 8.09. The van der Waals surface area contributed by atoms with E-state index >= 15 is 0 Å². The lowest BCUT2D eigenvalue weighted by Crippen LogP contribution is -2.34. The van der Waals surface area contributed by atoms with Gasteiger partial charge in [0.05, 0.1) is 20.0 Å². The number of methoxy groups -OCH3 is 1. The molecule has 0 saturated heterocycles. The van der Waals surface area contributed by atoms with Crippen LogP contribution in [0.25, 0.3) is 0 Å². The highest BCUT2D eigenvalue weighted by Crippen LogP contribution is 2.13. The number of carbonyl (C=O) groups excluding carboxylic acids is 2. The Balaban J connectivity index is 2.07. The number of amides is 1. The van der Waals surface area contributed by atoms with Crippen LogP contribution in [0.15, 0.2) is 54.6 Å². The maximum absolute atomic E-state index is 12.6. The van der Waals surface area contributed by atoms with E-state index in [1.807, 2.05) is 42.5 Å². The van der Waals surface area contributed by atoms with E-state index in [4.69, 9.17) is 11.6 Å². The second kappa shape index (κ2) is 9.08. The van der Waals surface area contributed by atoms with Gasteiger partial charge in [0.25, 0.3) is 0 Å². The molecule has 5 heteroatoms. The van der Waals surface area contributed by atoms with Gasteiger partial charge >= 0.3 is 5.97 Å².